The maximum absolute atomic E-state index is 6.22. The monoisotopic (exact) mass is 298 g/mol. The van der Waals surface area contributed by atoms with Crippen LogP contribution in [0.3, 0.4) is 0 Å². The normalized spacial score (nSPS) is 10.8. The van der Waals surface area contributed by atoms with Crippen LogP contribution in [0.1, 0.15) is 11.1 Å². The third-order valence-corrected chi connectivity index (χ3v) is 3.66. The van der Waals surface area contributed by atoms with Gasteiger partial charge in [0, 0.05) is 10.6 Å². The van der Waals surface area contributed by atoms with Crippen LogP contribution in [0, 0.1) is 13.8 Å². The minimum Gasteiger partial charge on any atom is -0.382 e. The van der Waals surface area contributed by atoms with Crippen molar-refractivity contribution in [3.63, 3.8) is 0 Å². The van der Waals surface area contributed by atoms with Crippen molar-refractivity contribution in [2.75, 3.05) is 5.73 Å². The number of benzene rings is 2. The average Bonchev–Trinajstić information content (AvgIpc) is 2.82. The Morgan fingerprint density at radius 3 is 2.43 bits per heavy atom. The molecule has 3 aromatic rings. The lowest BCUT2D eigenvalue weighted by atomic mass is 10.1. The van der Waals surface area contributed by atoms with Crippen molar-refractivity contribution in [2.45, 2.75) is 13.8 Å². The molecule has 0 radical (unpaired) electrons. The van der Waals surface area contributed by atoms with Gasteiger partial charge < -0.3 is 5.73 Å². The van der Waals surface area contributed by atoms with E-state index in [9.17, 15) is 0 Å². The van der Waals surface area contributed by atoms with Crippen molar-refractivity contribution < 1.29 is 0 Å². The molecule has 0 saturated heterocycles. The standard InChI is InChI=1S/C16H15ClN4/c1-10-3-8-14(11(2)9-10)21-16(18)15(19-20-21)12-4-6-13(17)7-5-12/h3-9H,18H2,1-2H3. The van der Waals surface area contributed by atoms with E-state index in [1.165, 1.54) is 5.56 Å². The highest BCUT2D eigenvalue weighted by atomic mass is 35.5. The second-order valence-corrected chi connectivity index (χ2v) is 5.47. The molecule has 0 spiro atoms. The Labute approximate surface area is 128 Å². The van der Waals surface area contributed by atoms with Gasteiger partial charge in [0.25, 0.3) is 0 Å². The maximum atomic E-state index is 6.22. The highest BCUT2D eigenvalue weighted by molar-refractivity contribution is 6.30. The van der Waals surface area contributed by atoms with Gasteiger partial charge in [-0.1, -0.05) is 46.6 Å². The van der Waals surface area contributed by atoms with E-state index in [0.29, 0.717) is 16.5 Å². The molecule has 0 amide bonds. The van der Waals surface area contributed by atoms with Crippen LogP contribution < -0.4 is 5.73 Å². The average molecular weight is 299 g/mol. The molecule has 0 bridgehead atoms. The number of hydrogen-bond acceptors (Lipinski definition) is 3. The van der Waals surface area contributed by atoms with E-state index >= 15 is 0 Å². The Balaban J connectivity index is 2.09. The highest BCUT2D eigenvalue weighted by Crippen LogP contribution is 2.27. The molecule has 4 nitrogen and oxygen atoms in total. The molecule has 21 heavy (non-hydrogen) atoms. The van der Waals surface area contributed by atoms with E-state index in [0.717, 1.165) is 16.8 Å². The molecule has 2 N–H and O–H groups in total. The van der Waals surface area contributed by atoms with Crippen molar-refractivity contribution in [3.05, 3.63) is 58.6 Å². The number of nitrogens with two attached hydrogens (primary N) is 1. The molecule has 0 aliphatic heterocycles. The molecule has 0 atom stereocenters. The topological polar surface area (TPSA) is 56.7 Å². The van der Waals surface area contributed by atoms with Crippen LogP contribution in [0.2, 0.25) is 5.02 Å². The van der Waals surface area contributed by atoms with Gasteiger partial charge in [0.2, 0.25) is 0 Å². The number of hydrogen-bond donors (Lipinski definition) is 1. The summed E-state index contributed by atoms with van der Waals surface area (Å²) in [4.78, 5) is 0. The lowest BCUT2D eigenvalue weighted by Crippen LogP contribution is -2.04. The van der Waals surface area contributed by atoms with Gasteiger partial charge in [0.15, 0.2) is 5.82 Å². The van der Waals surface area contributed by atoms with Crippen molar-refractivity contribution in [1.82, 2.24) is 15.0 Å². The number of nitrogens with zero attached hydrogens (tertiary/aromatic N) is 3. The summed E-state index contributed by atoms with van der Waals surface area (Å²) in [5.74, 6) is 0.518. The molecule has 0 fully saturated rings. The number of nitrogen functional groups attached to an aromatic ring is 1. The number of aryl methyl sites for hydroxylation is 2. The van der Waals surface area contributed by atoms with Gasteiger partial charge in [-0.05, 0) is 37.6 Å². The molecule has 0 aliphatic carbocycles. The van der Waals surface area contributed by atoms with Gasteiger partial charge in [-0.3, -0.25) is 0 Å². The maximum Gasteiger partial charge on any atom is 0.155 e. The predicted molar refractivity (Wildman–Crippen MR) is 85.7 cm³/mol. The fraction of sp³-hybridized carbons (Fsp3) is 0.125. The van der Waals surface area contributed by atoms with Gasteiger partial charge in [-0.25, -0.2) is 0 Å². The molecular formula is C16H15ClN4. The van der Waals surface area contributed by atoms with E-state index < -0.39 is 0 Å². The SMILES string of the molecule is Cc1ccc(-n2nnc(-c3ccc(Cl)cc3)c2N)c(C)c1. The first-order valence-corrected chi connectivity index (χ1v) is 6.99. The Hall–Kier alpha value is -2.33. The van der Waals surface area contributed by atoms with Gasteiger partial charge in [0.1, 0.15) is 5.69 Å². The number of rotatable bonds is 2. The predicted octanol–water partition coefficient (Wildman–Crippen LogP) is 3.79. The first kappa shape index (κ1) is 13.6. The molecule has 0 aliphatic rings. The molecule has 1 aromatic heterocycles. The first-order chi connectivity index (χ1) is 10.1. The lowest BCUT2D eigenvalue weighted by molar-refractivity contribution is 0.805. The summed E-state index contributed by atoms with van der Waals surface area (Å²) in [6.45, 7) is 4.09. The van der Waals surface area contributed by atoms with Crippen LogP contribution in [-0.2, 0) is 0 Å². The minimum atomic E-state index is 0.518. The molecule has 106 valence electrons. The summed E-state index contributed by atoms with van der Waals surface area (Å²) in [7, 11) is 0. The fourth-order valence-electron chi connectivity index (χ4n) is 2.32. The number of anilines is 1. The Morgan fingerprint density at radius 2 is 1.76 bits per heavy atom. The minimum absolute atomic E-state index is 0.518. The van der Waals surface area contributed by atoms with E-state index in [2.05, 4.69) is 23.3 Å². The van der Waals surface area contributed by atoms with Crippen LogP contribution >= 0.6 is 11.6 Å². The van der Waals surface area contributed by atoms with Crippen LogP contribution in [-0.4, -0.2) is 15.0 Å². The van der Waals surface area contributed by atoms with Crippen LogP contribution in [0.4, 0.5) is 5.82 Å². The third-order valence-electron chi connectivity index (χ3n) is 3.40. The van der Waals surface area contributed by atoms with E-state index in [1.807, 2.05) is 43.3 Å². The Morgan fingerprint density at radius 1 is 1.05 bits per heavy atom. The molecule has 0 unspecified atom stereocenters. The molecule has 2 aromatic carbocycles. The molecule has 1 heterocycles. The Bertz CT molecular complexity index is 791. The molecule has 0 saturated carbocycles. The fourth-order valence-corrected chi connectivity index (χ4v) is 2.45. The first-order valence-electron chi connectivity index (χ1n) is 6.61. The zero-order chi connectivity index (χ0) is 15.0. The summed E-state index contributed by atoms with van der Waals surface area (Å²) in [6.07, 6.45) is 0. The second kappa shape index (κ2) is 5.22. The quantitative estimate of drug-likeness (QED) is 0.783. The highest BCUT2D eigenvalue weighted by Gasteiger charge is 2.14. The van der Waals surface area contributed by atoms with Gasteiger partial charge >= 0.3 is 0 Å². The van der Waals surface area contributed by atoms with Crippen LogP contribution in [0.25, 0.3) is 16.9 Å². The summed E-state index contributed by atoms with van der Waals surface area (Å²) in [5, 5.41) is 9.06. The van der Waals surface area contributed by atoms with Crippen molar-refractivity contribution in [3.8, 4) is 16.9 Å². The van der Waals surface area contributed by atoms with Crippen molar-refractivity contribution in [1.29, 1.82) is 0 Å². The summed E-state index contributed by atoms with van der Waals surface area (Å²) < 4.78 is 1.67. The molecular weight excluding hydrogens is 284 g/mol. The van der Waals surface area contributed by atoms with Crippen LogP contribution in [0.5, 0.6) is 0 Å². The van der Waals surface area contributed by atoms with Crippen molar-refractivity contribution >= 4 is 17.4 Å². The van der Waals surface area contributed by atoms with E-state index in [1.54, 1.807) is 4.68 Å². The zero-order valence-corrected chi connectivity index (χ0v) is 12.6. The number of aromatic nitrogens is 3. The van der Waals surface area contributed by atoms with Gasteiger partial charge in [0.05, 0.1) is 5.69 Å². The number of halogens is 1. The van der Waals surface area contributed by atoms with Gasteiger partial charge in [-0.15, -0.1) is 5.10 Å². The zero-order valence-electron chi connectivity index (χ0n) is 11.8. The van der Waals surface area contributed by atoms with Crippen LogP contribution in [0.15, 0.2) is 42.5 Å². The smallest absolute Gasteiger partial charge is 0.155 e. The lowest BCUT2D eigenvalue weighted by Gasteiger charge is -2.08. The van der Waals surface area contributed by atoms with Gasteiger partial charge in [-0.2, -0.15) is 4.68 Å². The summed E-state index contributed by atoms with van der Waals surface area (Å²) >= 11 is 5.90. The Kier molecular flexibility index (Phi) is 3.39. The molecule has 3 rings (SSSR count). The second-order valence-electron chi connectivity index (χ2n) is 5.03. The third kappa shape index (κ3) is 2.50. The van der Waals surface area contributed by atoms with E-state index in [-0.39, 0.29) is 0 Å². The van der Waals surface area contributed by atoms with Crippen molar-refractivity contribution in [2.24, 2.45) is 0 Å². The molecule has 5 heteroatoms. The van der Waals surface area contributed by atoms with E-state index in [4.69, 9.17) is 17.3 Å². The largest absolute Gasteiger partial charge is 0.382 e. The summed E-state index contributed by atoms with van der Waals surface area (Å²) in [5.41, 5.74) is 11.0. The summed E-state index contributed by atoms with van der Waals surface area (Å²) in [6, 6.07) is 13.5.